The summed E-state index contributed by atoms with van der Waals surface area (Å²) < 4.78 is 1.99. The Morgan fingerprint density at radius 3 is 2.59 bits per heavy atom. The largest absolute Gasteiger partial charge is 0.324 e. The van der Waals surface area contributed by atoms with Crippen LogP contribution in [0.25, 0.3) is 5.69 Å². The van der Waals surface area contributed by atoms with Crippen molar-refractivity contribution in [3.8, 4) is 5.69 Å². The van der Waals surface area contributed by atoms with Gasteiger partial charge in [0.25, 0.3) is 5.91 Å². The molecule has 0 radical (unpaired) electrons. The molecular formula is C22H21N3O2. The molecule has 0 spiro atoms. The number of rotatable bonds is 4. The van der Waals surface area contributed by atoms with Gasteiger partial charge in [-0.15, -0.1) is 0 Å². The second-order valence-corrected chi connectivity index (χ2v) is 6.74. The van der Waals surface area contributed by atoms with E-state index in [0.29, 0.717) is 17.7 Å². The van der Waals surface area contributed by atoms with Gasteiger partial charge in [-0.25, -0.2) is 0 Å². The number of benzene rings is 2. The molecule has 5 nitrogen and oxygen atoms in total. The second kappa shape index (κ2) is 7.11. The van der Waals surface area contributed by atoms with Gasteiger partial charge in [0.1, 0.15) is 0 Å². The molecule has 1 fully saturated rings. The first-order valence-corrected chi connectivity index (χ1v) is 9.07. The highest BCUT2D eigenvalue weighted by Crippen LogP contribution is 2.25. The summed E-state index contributed by atoms with van der Waals surface area (Å²) >= 11 is 0. The van der Waals surface area contributed by atoms with E-state index in [9.17, 15) is 9.59 Å². The molecule has 1 aromatic heterocycles. The highest BCUT2D eigenvalue weighted by molar-refractivity contribution is 6.05. The summed E-state index contributed by atoms with van der Waals surface area (Å²) in [4.78, 5) is 26.5. The van der Waals surface area contributed by atoms with Crippen LogP contribution < -0.4 is 10.2 Å². The summed E-state index contributed by atoms with van der Waals surface area (Å²) in [6.45, 7) is 2.75. The number of carbonyl (C=O) groups excluding carboxylic acids is 2. The maximum absolute atomic E-state index is 12.7. The lowest BCUT2D eigenvalue weighted by molar-refractivity contribution is -0.117. The second-order valence-electron chi connectivity index (χ2n) is 6.74. The predicted octanol–water partition coefficient (Wildman–Crippen LogP) is 4.16. The molecule has 0 atom stereocenters. The molecule has 1 N–H and O–H groups in total. The fourth-order valence-corrected chi connectivity index (χ4v) is 3.40. The third-order valence-electron chi connectivity index (χ3n) is 4.84. The van der Waals surface area contributed by atoms with E-state index in [4.69, 9.17) is 0 Å². The van der Waals surface area contributed by atoms with Gasteiger partial charge < -0.3 is 14.8 Å². The summed E-state index contributed by atoms with van der Waals surface area (Å²) in [5, 5.41) is 2.94. The smallest absolute Gasteiger partial charge is 0.255 e. The van der Waals surface area contributed by atoms with Gasteiger partial charge in [0.2, 0.25) is 5.91 Å². The first-order chi connectivity index (χ1) is 13.1. The normalized spacial score (nSPS) is 13.8. The maximum atomic E-state index is 12.7. The van der Waals surface area contributed by atoms with Crippen molar-refractivity contribution in [1.29, 1.82) is 0 Å². The van der Waals surface area contributed by atoms with Crippen LogP contribution in [0, 0.1) is 6.92 Å². The monoisotopic (exact) mass is 359 g/mol. The summed E-state index contributed by atoms with van der Waals surface area (Å²) in [7, 11) is 0. The van der Waals surface area contributed by atoms with Crippen LogP contribution in [0.5, 0.6) is 0 Å². The van der Waals surface area contributed by atoms with E-state index in [1.54, 1.807) is 4.90 Å². The first-order valence-electron chi connectivity index (χ1n) is 9.07. The van der Waals surface area contributed by atoms with Crippen molar-refractivity contribution in [2.24, 2.45) is 0 Å². The molecular weight excluding hydrogens is 338 g/mol. The number of anilines is 2. The fourth-order valence-electron chi connectivity index (χ4n) is 3.40. The quantitative estimate of drug-likeness (QED) is 0.760. The highest BCUT2D eigenvalue weighted by atomic mass is 16.2. The molecule has 1 saturated heterocycles. The minimum absolute atomic E-state index is 0.133. The van der Waals surface area contributed by atoms with Crippen molar-refractivity contribution in [3.05, 3.63) is 78.1 Å². The zero-order chi connectivity index (χ0) is 18.8. The maximum Gasteiger partial charge on any atom is 0.255 e. The number of nitrogens with one attached hydrogen (secondary N) is 1. The van der Waals surface area contributed by atoms with Crippen LogP contribution in [0.2, 0.25) is 0 Å². The Bertz CT molecular complexity index is 993. The summed E-state index contributed by atoms with van der Waals surface area (Å²) in [5.41, 5.74) is 4.17. The van der Waals surface area contributed by atoms with Crippen LogP contribution in [-0.4, -0.2) is 22.9 Å². The molecule has 1 aliphatic heterocycles. The molecule has 2 heterocycles. The molecule has 2 amide bonds. The van der Waals surface area contributed by atoms with Crippen molar-refractivity contribution < 1.29 is 9.59 Å². The molecule has 5 heteroatoms. The summed E-state index contributed by atoms with van der Waals surface area (Å²) in [6.07, 6.45) is 5.38. The molecule has 3 aromatic rings. The minimum Gasteiger partial charge on any atom is -0.324 e. The van der Waals surface area contributed by atoms with Crippen molar-refractivity contribution in [1.82, 2.24) is 4.57 Å². The van der Waals surface area contributed by atoms with Gasteiger partial charge in [-0.1, -0.05) is 12.1 Å². The van der Waals surface area contributed by atoms with Crippen LogP contribution in [0.3, 0.4) is 0 Å². The predicted molar refractivity (Wildman–Crippen MR) is 106 cm³/mol. The van der Waals surface area contributed by atoms with E-state index in [1.807, 2.05) is 78.5 Å². The van der Waals surface area contributed by atoms with Crippen molar-refractivity contribution in [2.45, 2.75) is 19.8 Å². The SMILES string of the molecule is Cc1ccc(C(=O)Nc2cccc(N3CCCC3=O)c2)cc1-n1cccc1. The van der Waals surface area contributed by atoms with Crippen LogP contribution in [0.15, 0.2) is 67.0 Å². The standard InChI is InChI=1S/C22H21N3O2/c1-16-9-10-17(14-20(16)24-11-2-3-12-24)22(27)23-18-6-4-7-19(15-18)25-13-5-8-21(25)26/h2-4,6-7,9-12,14-15H,5,8,13H2,1H3,(H,23,27). The average Bonchev–Trinajstić information content (AvgIpc) is 3.34. The fraction of sp³-hybridized carbons (Fsp3) is 0.182. The van der Waals surface area contributed by atoms with E-state index in [0.717, 1.165) is 29.9 Å². The van der Waals surface area contributed by atoms with E-state index < -0.39 is 0 Å². The van der Waals surface area contributed by atoms with Gasteiger partial charge >= 0.3 is 0 Å². The number of hydrogen-bond donors (Lipinski definition) is 1. The van der Waals surface area contributed by atoms with Gasteiger partial charge in [0.15, 0.2) is 0 Å². The molecule has 136 valence electrons. The Morgan fingerprint density at radius 1 is 1.04 bits per heavy atom. The molecule has 2 aromatic carbocycles. The zero-order valence-corrected chi connectivity index (χ0v) is 15.2. The third kappa shape index (κ3) is 3.49. The Kier molecular flexibility index (Phi) is 4.50. The molecule has 27 heavy (non-hydrogen) atoms. The van der Waals surface area contributed by atoms with Crippen LogP contribution in [0.4, 0.5) is 11.4 Å². The lowest BCUT2D eigenvalue weighted by Gasteiger charge is -2.17. The van der Waals surface area contributed by atoms with E-state index >= 15 is 0 Å². The van der Waals surface area contributed by atoms with Gasteiger partial charge in [-0.05, 0) is 61.4 Å². The number of aromatic nitrogens is 1. The molecule has 0 bridgehead atoms. The third-order valence-corrected chi connectivity index (χ3v) is 4.84. The number of carbonyl (C=O) groups is 2. The van der Waals surface area contributed by atoms with E-state index in [1.165, 1.54) is 0 Å². The molecule has 1 aliphatic rings. The number of hydrogen-bond acceptors (Lipinski definition) is 2. The number of aryl methyl sites for hydroxylation is 1. The minimum atomic E-state index is -0.173. The Morgan fingerprint density at radius 2 is 1.85 bits per heavy atom. The summed E-state index contributed by atoms with van der Waals surface area (Å²) in [6, 6.07) is 17.0. The highest BCUT2D eigenvalue weighted by Gasteiger charge is 2.21. The van der Waals surface area contributed by atoms with E-state index in [-0.39, 0.29) is 11.8 Å². The molecule has 0 aliphatic carbocycles. The number of nitrogens with zero attached hydrogens (tertiary/aromatic N) is 2. The first kappa shape index (κ1) is 17.1. The van der Waals surface area contributed by atoms with Crippen molar-refractivity contribution in [2.75, 3.05) is 16.8 Å². The van der Waals surface area contributed by atoms with Gasteiger partial charge in [0, 0.05) is 48.0 Å². The number of amides is 2. The van der Waals surface area contributed by atoms with Crippen LogP contribution in [-0.2, 0) is 4.79 Å². The molecule has 0 unspecified atom stereocenters. The Hall–Kier alpha value is -3.34. The van der Waals surface area contributed by atoms with Gasteiger partial charge in [-0.2, -0.15) is 0 Å². The van der Waals surface area contributed by atoms with E-state index in [2.05, 4.69) is 5.32 Å². The lowest BCUT2D eigenvalue weighted by Crippen LogP contribution is -2.23. The topological polar surface area (TPSA) is 54.3 Å². The van der Waals surface area contributed by atoms with Crippen LogP contribution in [0.1, 0.15) is 28.8 Å². The van der Waals surface area contributed by atoms with Gasteiger partial charge in [-0.3, -0.25) is 9.59 Å². The Labute approximate surface area is 158 Å². The Balaban J connectivity index is 1.56. The van der Waals surface area contributed by atoms with Crippen LogP contribution >= 0.6 is 0 Å². The summed E-state index contributed by atoms with van der Waals surface area (Å²) in [5.74, 6) is -0.0401. The van der Waals surface area contributed by atoms with Crippen molar-refractivity contribution >= 4 is 23.2 Å². The van der Waals surface area contributed by atoms with Crippen molar-refractivity contribution in [3.63, 3.8) is 0 Å². The average molecular weight is 359 g/mol. The van der Waals surface area contributed by atoms with Gasteiger partial charge in [0.05, 0.1) is 0 Å². The molecule has 0 saturated carbocycles. The molecule has 4 rings (SSSR count). The lowest BCUT2D eigenvalue weighted by atomic mass is 10.1. The zero-order valence-electron chi connectivity index (χ0n) is 15.2.